The Morgan fingerprint density at radius 2 is 1.61 bits per heavy atom. The summed E-state index contributed by atoms with van der Waals surface area (Å²) in [4.78, 5) is 12.5. The molecular formula is C25H35NO2. The largest absolute Gasteiger partial charge is 0.483 e. The van der Waals surface area contributed by atoms with Crippen LogP contribution >= 0.6 is 0 Å². The third kappa shape index (κ3) is 5.85. The summed E-state index contributed by atoms with van der Waals surface area (Å²) in [6.45, 7) is 15.2. The molecule has 0 radical (unpaired) electrons. The average molecular weight is 382 g/mol. The van der Waals surface area contributed by atoms with Gasteiger partial charge in [-0.05, 0) is 40.0 Å². The van der Waals surface area contributed by atoms with E-state index >= 15 is 0 Å². The third-order valence-corrected chi connectivity index (χ3v) is 4.96. The Balaban J connectivity index is 2.12. The van der Waals surface area contributed by atoms with E-state index in [4.69, 9.17) is 4.74 Å². The Labute approximate surface area is 170 Å². The molecule has 0 aliphatic carbocycles. The normalized spacial score (nSPS) is 13.1. The number of rotatable bonds is 6. The van der Waals surface area contributed by atoms with Crippen LogP contribution in [0.2, 0.25) is 0 Å². The highest BCUT2D eigenvalue weighted by molar-refractivity contribution is 5.78. The summed E-state index contributed by atoms with van der Waals surface area (Å²) < 4.78 is 5.96. The summed E-state index contributed by atoms with van der Waals surface area (Å²) in [6, 6.07) is 16.4. The zero-order valence-electron chi connectivity index (χ0n) is 18.4. The second-order valence-corrected chi connectivity index (χ2v) is 9.44. The van der Waals surface area contributed by atoms with Gasteiger partial charge in [-0.1, -0.05) is 90.9 Å². The van der Waals surface area contributed by atoms with Crippen molar-refractivity contribution in [3.05, 3.63) is 65.2 Å². The predicted octanol–water partition coefficient (Wildman–Crippen LogP) is 5.93. The molecule has 1 N–H and O–H groups in total. The molecule has 3 nitrogen and oxygen atoms in total. The van der Waals surface area contributed by atoms with Gasteiger partial charge in [0.2, 0.25) is 0 Å². The molecule has 0 heterocycles. The van der Waals surface area contributed by atoms with E-state index in [2.05, 4.69) is 65.9 Å². The number of hydrogen-bond donors (Lipinski definition) is 1. The standard InChI is InChI=1S/C25H35NO2/c1-8-21(18-12-10-9-11-13-18)26-23(27)17-28-22-15-14-19(24(2,3)4)16-20(22)25(5,6)7/h9-16,21H,8,17H2,1-7H3,(H,26,27). The molecule has 1 unspecified atom stereocenters. The van der Waals surface area contributed by atoms with Gasteiger partial charge >= 0.3 is 0 Å². The smallest absolute Gasteiger partial charge is 0.258 e. The molecule has 0 aliphatic heterocycles. The van der Waals surface area contributed by atoms with E-state index in [9.17, 15) is 4.79 Å². The van der Waals surface area contributed by atoms with Crippen molar-refractivity contribution < 1.29 is 9.53 Å². The number of carbonyl (C=O) groups is 1. The van der Waals surface area contributed by atoms with Crippen LogP contribution in [0.3, 0.4) is 0 Å². The van der Waals surface area contributed by atoms with Crippen molar-refractivity contribution >= 4 is 5.91 Å². The van der Waals surface area contributed by atoms with Gasteiger partial charge in [0, 0.05) is 0 Å². The zero-order chi connectivity index (χ0) is 20.9. The number of benzene rings is 2. The van der Waals surface area contributed by atoms with Gasteiger partial charge in [-0.15, -0.1) is 0 Å². The maximum absolute atomic E-state index is 12.5. The SMILES string of the molecule is CCC(NC(=O)COc1ccc(C(C)(C)C)cc1C(C)(C)C)c1ccccc1. The molecule has 28 heavy (non-hydrogen) atoms. The lowest BCUT2D eigenvalue weighted by molar-refractivity contribution is -0.123. The highest BCUT2D eigenvalue weighted by Gasteiger charge is 2.23. The monoisotopic (exact) mass is 381 g/mol. The van der Waals surface area contributed by atoms with Gasteiger partial charge in [0.25, 0.3) is 5.91 Å². The van der Waals surface area contributed by atoms with Gasteiger partial charge in [0.05, 0.1) is 6.04 Å². The van der Waals surface area contributed by atoms with Crippen LogP contribution in [0.5, 0.6) is 5.75 Å². The van der Waals surface area contributed by atoms with Crippen LogP contribution in [-0.4, -0.2) is 12.5 Å². The fourth-order valence-corrected chi connectivity index (χ4v) is 3.19. The van der Waals surface area contributed by atoms with Crippen LogP contribution in [0.25, 0.3) is 0 Å². The summed E-state index contributed by atoms with van der Waals surface area (Å²) in [6.07, 6.45) is 0.837. The van der Waals surface area contributed by atoms with Gasteiger partial charge in [-0.3, -0.25) is 4.79 Å². The second-order valence-electron chi connectivity index (χ2n) is 9.44. The Bertz CT molecular complexity index is 782. The number of nitrogens with one attached hydrogen (secondary N) is 1. The van der Waals surface area contributed by atoms with Gasteiger partial charge in [0.1, 0.15) is 5.75 Å². The lowest BCUT2D eigenvalue weighted by Gasteiger charge is -2.27. The molecular weight excluding hydrogens is 346 g/mol. The molecule has 0 spiro atoms. The maximum atomic E-state index is 12.5. The van der Waals surface area contributed by atoms with Crippen molar-refractivity contribution in [2.75, 3.05) is 6.61 Å². The van der Waals surface area contributed by atoms with Gasteiger partial charge in [0.15, 0.2) is 6.61 Å². The zero-order valence-corrected chi connectivity index (χ0v) is 18.4. The first-order valence-electron chi connectivity index (χ1n) is 10.1. The quantitative estimate of drug-likeness (QED) is 0.673. The van der Waals surface area contributed by atoms with E-state index in [0.717, 1.165) is 23.3 Å². The van der Waals surface area contributed by atoms with E-state index in [1.54, 1.807) is 0 Å². The fraction of sp³-hybridized carbons (Fsp3) is 0.480. The first kappa shape index (κ1) is 22.0. The van der Waals surface area contributed by atoms with Crippen molar-refractivity contribution in [1.82, 2.24) is 5.32 Å². The lowest BCUT2D eigenvalue weighted by atomic mass is 9.80. The molecule has 1 atom stereocenters. The number of ether oxygens (including phenoxy) is 1. The maximum Gasteiger partial charge on any atom is 0.258 e. The topological polar surface area (TPSA) is 38.3 Å². The highest BCUT2D eigenvalue weighted by Crippen LogP contribution is 2.35. The Morgan fingerprint density at radius 3 is 2.14 bits per heavy atom. The average Bonchev–Trinajstić information content (AvgIpc) is 2.63. The Kier molecular flexibility index (Phi) is 6.92. The van der Waals surface area contributed by atoms with Gasteiger partial charge in [-0.25, -0.2) is 0 Å². The van der Waals surface area contributed by atoms with Gasteiger partial charge in [-0.2, -0.15) is 0 Å². The van der Waals surface area contributed by atoms with Crippen LogP contribution in [0.15, 0.2) is 48.5 Å². The van der Waals surface area contributed by atoms with Crippen molar-refractivity contribution in [3.8, 4) is 5.75 Å². The van der Waals surface area contributed by atoms with Crippen LogP contribution in [0.4, 0.5) is 0 Å². The molecule has 0 aliphatic rings. The van der Waals surface area contributed by atoms with Gasteiger partial charge < -0.3 is 10.1 Å². The van der Waals surface area contributed by atoms with E-state index in [1.807, 2.05) is 36.4 Å². The molecule has 0 aromatic heterocycles. The third-order valence-electron chi connectivity index (χ3n) is 4.96. The Hall–Kier alpha value is -2.29. The minimum atomic E-state index is -0.101. The molecule has 152 valence electrons. The van der Waals surface area contributed by atoms with Crippen molar-refractivity contribution in [2.24, 2.45) is 0 Å². The fourth-order valence-electron chi connectivity index (χ4n) is 3.19. The summed E-state index contributed by atoms with van der Waals surface area (Å²) in [5, 5.41) is 3.08. The summed E-state index contributed by atoms with van der Waals surface area (Å²) in [7, 11) is 0. The van der Waals surface area contributed by atoms with Crippen LogP contribution in [0, 0.1) is 0 Å². The van der Waals surface area contributed by atoms with E-state index in [-0.39, 0.29) is 29.4 Å². The predicted molar refractivity (Wildman–Crippen MR) is 117 cm³/mol. The molecule has 0 saturated heterocycles. The molecule has 0 fully saturated rings. The van der Waals surface area contributed by atoms with E-state index in [1.165, 1.54) is 5.56 Å². The molecule has 0 saturated carbocycles. The second kappa shape index (κ2) is 8.81. The highest BCUT2D eigenvalue weighted by atomic mass is 16.5. The molecule has 0 bridgehead atoms. The first-order valence-corrected chi connectivity index (χ1v) is 10.1. The van der Waals surface area contributed by atoms with E-state index < -0.39 is 0 Å². The first-order chi connectivity index (χ1) is 13.0. The van der Waals surface area contributed by atoms with E-state index in [0.29, 0.717) is 0 Å². The number of amides is 1. The van der Waals surface area contributed by atoms with Crippen LogP contribution in [-0.2, 0) is 15.6 Å². The minimum Gasteiger partial charge on any atom is -0.483 e. The molecule has 2 aromatic rings. The lowest BCUT2D eigenvalue weighted by Crippen LogP contribution is -2.32. The van der Waals surface area contributed by atoms with Crippen molar-refractivity contribution in [2.45, 2.75) is 71.8 Å². The summed E-state index contributed by atoms with van der Waals surface area (Å²) in [5.74, 6) is 0.680. The van der Waals surface area contributed by atoms with Crippen molar-refractivity contribution in [3.63, 3.8) is 0 Å². The molecule has 2 rings (SSSR count). The molecule has 1 amide bonds. The summed E-state index contributed by atoms with van der Waals surface area (Å²) >= 11 is 0. The Morgan fingerprint density at radius 1 is 0.964 bits per heavy atom. The number of hydrogen-bond acceptors (Lipinski definition) is 2. The van der Waals surface area contributed by atoms with Crippen molar-refractivity contribution in [1.29, 1.82) is 0 Å². The summed E-state index contributed by atoms with van der Waals surface area (Å²) in [5.41, 5.74) is 3.51. The molecule has 3 heteroatoms. The molecule has 2 aromatic carbocycles. The minimum absolute atomic E-state index is 0.00246. The van der Waals surface area contributed by atoms with Crippen LogP contribution < -0.4 is 10.1 Å². The number of carbonyl (C=O) groups excluding carboxylic acids is 1. The van der Waals surface area contributed by atoms with Crippen LogP contribution in [0.1, 0.15) is 77.6 Å².